The monoisotopic (exact) mass is 313 g/mol. The van der Waals surface area contributed by atoms with Gasteiger partial charge < -0.3 is 5.32 Å². The Labute approximate surface area is 106 Å². The van der Waals surface area contributed by atoms with Crippen molar-refractivity contribution in [3.63, 3.8) is 0 Å². The minimum absolute atomic E-state index is 0.0940. The van der Waals surface area contributed by atoms with Gasteiger partial charge in [-0.15, -0.1) is 0 Å². The highest BCUT2D eigenvalue weighted by Gasteiger charge is 2.38. The maximum atomic E-state index is 11.8. The van der Waals surface area contributed by atoms with E-state index in [1.165, 1.54) is 13.8 Å². The van der Waals surface area contributed by atoms with Crippen LogP contribution in [0.3, 0.4) is 0 Å². The van der Waals surface area contributed by atoms with E-state index in [1.54, 1.807) is 0 Å². The second-order valence-electron chi connectivity index (χ2n) is 5.26. The van der Waals surface area contributed by atoms with Gasteiger partial charge in [0.25, 0.3) is 0 Å². The second-order valence-corrected chi connectivity index (χ2v) is 8.39. The fourth-order valence-electron chi connectivity index (χ4n) is 0.748. The highest BCUT2D eigenvalue weighted by molar-refractivity contribution is 9.09. The second kappa shape index (κ2) is 5.04. The highest BCUT2D eigenvalue weighted by Crippen LogP contribution is 2.19. The SMILES string of the molecule is CC(C)(CBr)CNC(=O)C(C)(C)S(C)(=O)=O. The van der Waals surface area contributed by atoms with Crippen molar-refractivity contribution in [1.82, 2.24) is 5.32 Å². The van der Waals surface area contributed by atoms with Gasteiger partial charge in [0, 0.05) is 18.1 Å². The molecule has 1 N–H and O–H groups in total. The molecule has 0 aromatic rings. The van der Waals surface area contributed by atoms with Gasteiger partial charge in [0.05, 0.1) is 0 Å². The standard InChI is InChI=1S/C10H20BrNO3S/c1-9(2,6-11)7-12-8(13)10(3,4)16(5,14)15/h6-7H2,1-5H3,(H,12,13). The molecule has 16 heavy (non-hydrogen) atoms. The van der Waals surface area contributed by atoms with Crippen LogP contribution >= 0.6 is 15.9 Å². The summed E-state index contributed by atoms with van der Waals surface area (Å²) in [5.41, 5.74) is -0.0940. The topological polar surface area (TPSA) is 63.2 Å². The molecule has 4 nitrogen and oxygen atoms in total. The van der Waals surface area contributed by atoms with E-state index >= 15 is 0 Å². The number of carbonyl (C=O) groups is 1. The molecule has 0 spiro atoms. The van der Waals surface area contributed by atoms with Crippen LogP contribution in [-0.4, -0.2) is 37.2 Å². The first-order valence-electron chi connectivity index (χ1n) is 4.98. The number of halogens is 1. The van der Waals surface area contributed by atoms with Crippen LogP contribution in [0.4, 0.5) is 0 Å². The Morgan fingerprint density at radius 1 is 1.25 bits per heavy atom. The van der Waals surface area contributed by atoms with E-state index in [0.29, 0.717) is 6.54 Å². The zero-order valence-corrected chi connectivity index (χ0v) is 12.8. The molecule has 0 fully saturated rings. The summed E-state index contributed by atoms with van der Waals surface area (Å²) < 4.78 is 21.5. The normalized spacial score (nSPS) is 13.6. The van der Waals surface area contributed by atoms with E-state index in [-0.39, 0.29) is 5.41 Å². The molecule has 0 atom stereocenters. The van der Waals surface area contributed by atoms with Gasteiger partial charge in [-0.2, -0.15) is 0 Å². The molecule has 0 heterocycles. The summed E-state index contributed by atoms with van der Waals surface area (Å²) in [4.78, 5) is 11.8. The minimum Gasteiger partial charge on any atom is -0.354 e. The van der Waals surface area contributed by atoms with Crippen molar-refractivity contribution in [2.45, 2.75) is 32.4 Å². The van der Waals surface area contributed by atoms with Crippen LogP contribution in [0.5, 0.6) is 0 Å². The van der Waals surface area contributed by atoms with Gasteiger partial charge in [-0.1, -0.05) is 29.8 Å². The lowest BCUT2D eigenvalue weighted by molar-refractivity contribution is -0.123. The molecule has 96 valence electrons. The Morgan fingerprint density at radius 3 is 2.00 bits per heavy atom. The van der Waals surface area contributed by atoms with Crippen molar-refractivity contribution in [2.75, 3.05) is 18.1 Å². The van der Waals surface area contributed by atoms with Crippen molar-refractivity contribution in [3.05, 3.63) is 0 Å². The summed E-state index contributed by atoms with van der Waals surface area (Å²) >= 11 is 3.34. The van der Waals surface area contributed by atoms with E-state index in [9.17, 15) is 13.2 Å². The maximum Gasteiger partial charge on any atom is 0.240 e. The van der Waals surface area contributed by atoms with E-state index in [0.717, 1.165) is 11.6 Å². The van der Waals surface area contributed by atoms with Gasteiger partial charge in [-0.3, -0.25) is 4.79 Å². The van der Waals surface area contributed by atoms with Gasteiger partial charge in [0.15, 0.2) is 9.84 Å². The predicted molar refractivity (Wildman–Crippen MR) is 69.5 cm³/mol. The Morgan fingerprint density at radius 2 is 1.69 bits per heavy atom. The van der Waals surface area contributed by atoms with Gasteiger partial charge in [-0.25, -0.2) is 8.42 Å². The van der Waals surface area contributed by atoms with Crippen LogP contribution in [0.25, 0.3) is 0 Å². The third-order valence-corrected chi connectivity index (χ3v) is 6.12. The van der Waals surface area contributed by atoms with Gasteiger partial charge in [-0.05, 0) is 19.3 Å². The molecule has 0 aromatic carbocycles. The number of hydrogen-bond donors (Lipinski definition) is 1. The summed E-state index contributed by atoms with van der Waals surface area (Å²) in [6.07, 6.45) is 1.07. The Kier molecular flexibility index (Phi) is 5.01. The first kappa shape index (κ1) is 15.9. The first-order chi connectivity index (χ1) is 6.94. The summed E-state index contributed by atoms with van der Waals surface area (Å²) in [5, 5.41) is 3.41. The molecule has 0 bridgehead atoms. The number of sulfone groups is 1. The van der Waals surface area contributed by atoms with E-state index in [2.05, 4.69) is 21.2 Å². The largest absolute Gasteiger partial charge is 0.354 e. The van der Waals surface area contributed by atoms with Crippen molar-refractivity contribution in [2.24, 2.45) is 5.41 Å². The average Bonchev–Trinajstić information content (AvgIpc) is 2.12. The van der Waals surface area contributed by atoms with Crippen LogP contribution < -0.4 is 5.32 Å². The Bertz CT molecular complexity index is 360. The third kappa shape index (κ3) is 4.05. The lowest BCUT2D eigenvalue weighted by Gasteiger charge is -2.26. The third-order valence-electron chi connectivity index (χ3n) is 2.56. The number of rotatable bonds is 5. The number of carbonyl (C=O) groups excluding carboxylic acids is 1. The molecule has 0 saturated carbocycles. The molecule has 0 unspecified atom stereocenters. The van der Waals surface area contributed by atoms with Gasteiger partial charge >= 0.3 is 0 Å². The van der Waals surface area contributed by atoms with Crippen molar-refractivity contribution in [3.8, 4) is 0 Å². The molecule has 1 amide bonds. The summed E-state index contributed by atoms with van der Waals surface area (Å²) in [6.45, 7) is 7.23. The average molecular weight is 314 g/mol. The molecular weight excluding hydrogens is 294 g/mol. The molecule has 0 aliphatic heterocycles. The molecule has 0 aliphatic carbocycles. The lowest BCUT2D eigenvalue weighted by Crippen LogP contribution is -2.49. The van der Waals surface area contributed by atoms with Crippen molar-refractivity contribution >= 4 is 31.7 Å². The number of hydrogen-bond acceptors (Lipinski definition) is 3. The van der Waals surface area contributed by atoms with E-state index in [4.69, 9.17) is 0 Å². The van der Waals surface area contributed by atoms with Gasteiger partial charge in [0.1, 0.15) is 4.75 Å². The minimum atomic E-state index is -3.40. The maximum absolute atomic E-state index is 11.8. The quantitative estimate of drug-likeness (QED) is 0.779. The number of nitrogens with one attached hydrogen (secondary N) is 1. The highest BCUT2D eigenvalue weighted by atomic mass is 79.9. The van der Waals surface area contributed by atoms with E-state index < -0.39 is 20.5 Å². The molecule has 0 radical (unpaired) electrons. The summed E-state index contributed by atoms with van der Waals surface area (Å²) in [6, 6.07) is 0. The lowest BCUT2D eigenvalue weighted by atomic mass is 9.96. The van der Waals surface area contributed by atoms with Crippen LogP contribution in [0, 0.1) is 5.41 Å². The molecular formula is C10H20BrNO3S. The number of amides is 1. The molecule has 0 aliphatic rings. The van der Waals surface area contributed by atoms with Crippen LogP contribution in [-0.2, 0) is 14.6 Å². The van der Waals surface area contributed by atoms with E-state index in [1.807, 2.05) is 13.8 Å². The fourth-order valence-corrected chi connectivity index (χ4v) is 1.36. The van der Waals surface area contributed by atoms with Crippen LogP contribution in [0.1, 0.15) is 27.7 Å². The molecule has 0 rings (SSSR count). The molecule has 6 heteroatoms. The predicted octanol–water partition coefficient (Wildman–Crippen LogP) is 1.35. The van der Waals surface area contributed by atoms with Crippen LogP contribution in [0.15, 0.2) is 0 Å². The number of alkyl halides is 1. The Hall–Kier alpha value is -0.100. The van der Waals surface area contributed by atoms with Crippen molar-refractivity contribution < 1.29 is 13.2 Å². The zero-order chi connectivity index (χ0) is 13.2. The fraction of sp³-hybridized carbons (Fsp3) is 0.900. The van der Waals surface area contributed by atoms with Crippen LogP contribution in [0.2, 0.25) is 0 Å². The zero-order valence-electron chi connectivity index (χ0n) is 10.4. The molecule has 0 aromatic heterocycles. The smallest absolute Gasteiger partial charge is 0.240 e. The van der Waals surface area contributed by atoms with Crippen molar-refractivity contribution in [1.29, 1.82) is 0 Å². The molecule has 0 saturated heterocycles. The van der Waals surface area contributed by atoms with Gasteiger partial charge in [0.2, 0.25) is 5.91 Å². The Balaban J connectivity index is 4.63. The first-order valence-corrected chi connectivity index (χ1v) is 7.99. The summed E-state index contributed by atoms with van der Waals surface area (Å²) in [5.74, 6) is -0.455. The summed E-state index contributed by atoms with van der Waals surface area (Å²) in [7, 11) is -3.40.